The fraction of sp³-hybridized carbons (Fsp3) is 0.957. The number of carbonyl (C=O) groups is 1. The lowest BCUT2D eigenvalue weighted by atomic mass is 9.97. The second-order valence-corrected chi connectivity index (χ2v) is 8.57. The van der Waals surface area contributed by atoms with E-state index in [-0.39, 0.29) is 18.6 Å². The number of hydrogen-bond acceptors (Lipinski definition) is 3. The Labute approximate surface area is 168 Å². The predicted octanol–water partition coefficient (Wildman–Crippen LogP) is 6.33. The lowest BCUT2D eigenvalue weighted by Gasteiger charge is -2.16. The molecule has 0 aromatic heterocycles. The Morgan fingerprint density at radius 1 is 0.630 bits per heavy atom. The third-order valence-electron chi connectivity index (χ3n) is 4.85. The molecule has 0 rings (SSSR count). The lowest BCUT2D eigenvalue weighted by molar-refractivity contribution is -0.137. The number of carboxylic acids is 1. The van der Waals surface area contributed by atoms with E-state index in [1.54, 1.807) is 13.8 Å². The van der Waals surface area contributed by atoms with Crippen molar-refractivity contribution in [2.45, 2.75) is 124 Å². The van der Waals surface area contributed by atoms with Crippen LogP contribution in [-0.2, 0) is 4.79 Å². The number of hydrogen-bond donors (Lipinski definition) is 3. The van der Waals surface area contributed by atoms with Crippen LogP contribution in [0.25, 0.3) is 0 Å². The summed E-state index contributed by atoms with van der Waals surface area (Å²) in [5, 5.41) is 25.4. The summed E-state index contributed by atoms with van der Waals surface area (Å²) in [5.41, 5.74) is -0.306. The maximum atomic E-state index is 10.3. The second-order valence-electron chi connectivity index (χ2n) is 8.57. The first-order valence-corrected chi connectivity index (χ1v) is 11.3. The van der Waals surface area contributed by atoms with Gasteiger partial charge in [0.25, 0.3) is 0 Å². The molecule has 0 fully saturated rings. The van der Waals surface area contributed by atoms with E-state index in [2.05, 4.69) is 6.92 Å². The SMILES string of the molecule is CC(C)(CO)CO.CCCCCCCCCCCCCCCCCC(=O)O. The molecule has 0 atom stereocenters. The average Bonchev–Trinajstić information content (AvgIpc) is 2.65. The van der Waals surface area contributed by atoms with Crippen molar-refractivity contribution >= 4 is 5.97 Å². The van der Waals surface area contributed by atoms with Crippen LogP contribution in [-0.4, -0.2) is 34.5 Å². The Balaban J connectivity index is 0. The zero-order valence-corrected chi connectivity index (χ0v) is 18.5. The Morgan fingerprint density at radius 2 is 0.926 bits per heavy atom. The van der Waals surface area contributed by atoms with Gasteiger partial charge >= 0.3 is 5.97 Å². The van der Waals surface area contributed by atoms with Crippen LogP contribution in [0.15, 0.2) is 0 Å². The van der Waals surface area contributed by atoms with Gasteiger partial charge in [0.15, 0.2) is 0 Å². The smallest absolute Gasteiger partial charge is 0.303 e. The number of aliphatic hydroxyl groups is 2. The molecule has 0 unspecified atom stereocenters. The summed E-state index contributed by atoms with van der Waals surface area (Å²) < 4.78 is 0. The number of aliphatic carboxylic acids is 1. The first kappa shape index (κ1) is 28.6. The largest absolute Gasteiger partial charge is 0.481 e. The van der Waals surface area contributed by atoms with E-state index >= 15 is 0 Å². The zero-order valence-electron chi connectivity index (χ0n) is 18.5. The van der Waals surface area contributed by atoms with Gasteiger partial charge in [-0.25, -0.2) is 0 Å². The zero-order chi connectivity index (χ0) is 20.8. The van der Waals surface area contributed by atoms with Gasteiger partial charge in [-0.05, 0) is 6.42 Å². The number of rotatable bonds is 18. The van der Waals surface area contributed by atoms with Crippen LogP contribution in [0, 0.1) is 5.41 Å². The van der Waals surface area contributed by atoms with Crippen LogP contribution in [0.3, 0.4) is 0 Å². The van der Waals surface area contributed by atoms with E-state index in [0.29, 0.717) is 6.42 Å². The van der Waals surface area contributed by atoms with Crippen LogP contribution in [0.4, 0.5) is 0 Å². The molecule has 0 saturated carbocycles. The molecular weight excluding hydrogens is 340 g/mol. The molecule has 0 aliphatic heterocycles. The highest BCUT2D eigenvalue weighted by Crippen LogP contribution is 2.13. The van der Waals surface area contributed by atoms with E-state index in [0.717, 1.165) is 12.8 Å². The molecule has 0 aromatic rings. The van der Waals surface area contributed by atoms with E-state index in [1.165, 1.54) is 83.5 Å². The van der Waals surface area contributed by atoms with Gasteiger partial charge in [-0.2, -0.15) is 0 Å². The molecule has 3 N–H and O–H groups in total. The highest BCUT2D eigenvalue weighted by Gasteiger charge is 2.13. The van der Waals surface area contributed by atoms with E-state index in [9.17, 15) is 4.79 Å². The maximum absolute atomic E-state index is 10.3. The Hall–Kier alpha value is -0.610. The Morgan fingerprint density at radius 3 is 1.15 bits per heavy atom. The van der Waals surface area contributed by atoms with Crippen molar-refractivity contribution in [3.8, 4) is 0 Å². The fourth-order valence-corrected chi connectivity index (χ4v) is 2.70. The number of aliphatic hydroxyl groups excluding tert-OH is 2. The van der Waals surface area contributed by atoms with Gasteiger partial charge in [-0.1, -0.05) is 111 Å². The predicted molar refractivity (Wildman–Crippen MR) is 115 cm³/mol. The van der Waals surface area contributed by atoms with Gasteiger partial charge in [-0.15, -0.1) is 0 Å². The molecule has 4 nitrogen and oxygen atoms in total. The standard InChI is InChI=1S/C18H36O2.C5H12O2/c1-2-3-4-5-6-7-8-9-10-11-12-13-14-15-16-17-18(19)20;1-5(2,3-6)4-7/h2-17H2,1H3,(H,19,20);6-7H,3-4H2,1-2H3. The van der Waals surface area contributed by atoms with Crippen molar-refractivity contribution in [2.24, 2.45) is 5.41 Å². The molecule has 0 aliphatic rings. The minimum absolute atomic E-state index is 0.0451. The summed E-state index contributed by atoms with van der Waals surface area (Å²) in [6.07, 6.45) is 20.2. The molecular formula is C23H48O4. The van der Waals surface area contributed by atoms with Crippen molar-refractivity contribution < 1.29 is 20.1 Å². The van der Waals surface area contributed by atoms with Crippen molar-refractivity contribution in [1.29, 1.82) is 0 Å². The van der Waals surface area contributed by atoms with Gasteiger partial charge in [0.2, 0.25) is 0 Å². The van der Waals surface area contributed by atoms with E-state index in [4.69, 9.17) is 15.3 Å². The molecule has 0 radical (unpaired) electrons. The molecule has 0 bridgehead atoms. The summed E-state index contributed by atoms with van der Waals surface area (Å²) in [7, 11) is 0. The third kappa shape index (κ3) is 27.7. The highest BCUT2D eigenvalue weighted by molar-refractivity contribution is 5.66. The summed E-state index contributed by atoms with van der Waals surface area (Å²) in [4.78, 5) is 10.3. The van der Waals surface area contributed by atoms with Gasteiger partial charge in [0.1, 0.15) is 0 Å². The van der Waals surface area contributed by atoms with Crippen molar-refractivity contribution in [2.75, 3.05) is 13.2 Å². The molecule has 0 saturated heterocycles. The van der Waals surface area contributed by atoms with Crippen molar-refractivity contribution in [3.05, 3.63) is 0 Å². The van der Waals surface area contributed by atoms with Gasteiger partial charge in [0, 0.05) is 11.8 Å². The average molecular weight is 389 g/mol. The third-order valence-corrected chi connectivity index (χ3v) is 4.85. The highest BCUT2D eigenvalue weighted by atomic mass is 16.4. The van der Waals surface area contributed by atoms with Gasteiger partial charge in [-0.3, -0.25) is 4.79 Å². The summed E-state index contributed by atoms with van der Waals surface area (Å²) >= 11 is 0. The summed E-state index contributed by atoms with van der Waals surface area (Å²) in [5.74, 6) is -0.653. The first-order chi connectivity index (χ1) is 12.9. The summed E-state index contributed by atoms with van der Waals surface area (Å²) in [6, 6.07) is 0. The minimum Gasteiger partial charge on any atom is -0.481 e. The molecule has 0 heterocycles. The Bertz CT molecular complexity index is 297. The van der Waals surface area contributed by atoms with Crippen LogP contribution >= 0.6 is 0 Å². The second kappa shape index (κ2) is 21.7. The lowest BCUT2D eigenvalue weighted by Crippen LogP contribution is -2.20. The van der Waals surface area contributed by atoms with Crippen LogP contribution in [0.2, 0.25) is 0 Å². The van der Waals surface area contributed by atoms with Crippen LogP contribution in [0.1, 0.15) is 124 Å². The molecule has 0 aliphatic carbocycles. The van der Waals surface area contributed by atoms with Gasteiger partial charge < -0.3 is 15.3 Å². The number of carboxylic acid groups (broad SMARTS) is 1. The van der Waals surface area contributed by atoms with E-state index < -0.39 is 5.97 Å². The van der Waals surface area contributed by atoms with Crippen LogP contribution < -0.4 is 0 Å². The fourth-order valence-electron chi connectivity index (χ4n) is 2.70. The molecule has 27 heavy (non-hydrogen) atoms. The maximum Gasteiger partial charge on any atom is 0.303 e. The molecule has 0 amide bonds. The van der Waals surface area contributed by atoms with Crippen molar-refractivity contribution in [3.63, 3.8) is 0 Å². The minimum atomic E-state index is -0.653. The molecule has 0 aromatic carbocycles. The van der Waals surface area contributed by atoms with Crippen molar-refractivity contribution in [1.82, 2.24) is 0 Å². The molecule has 164 valence electrons. The van der Waals surface area contributed by atoms with Crippen LogP contribution in [0.5, 0.6) is 0 Å². The quantitative estimate of drug-likeness (QED) is 0.240. The normalized spacial score (nSPS) is 11.1. The topological polar surface area (TPSA) is 77.8 Å². The Kier molecular flexibility index (Phi) is 23.0. The molecule has 0 spiro atoms. The number of unbranched alkanes of at least 4 members (excludes halogenated alkanes) is 14. The first-order valence-electron chi connectivity index (χ1n) is 11.3. The van der Waals surface area contributed by atoms with E-state index in [1.807, 2.05) is 0 Å². The van der Waals surface area contributed by atoms with Gasteiger partial charge in [0.05, 0.1) is 13.2 Å². The molecule has 4 heteroatoms. The summed E-state index contributed by atoms with van der Waals surface area (Å²) in [6.45, 7) is 5.96. The monoisotopic (exact) mass is 388 g/mol.